The highest BCUT2D eigenvalue weighted by Crippen LogP contribution is 2.32. The number of hydrogen-bond donors (Lipinski definition) is 2. The first-order chi connectivity index (χ1) is 10.1. The molecule has 2 N–H and O–H groups in total. The molecule has 1 saturated heterocycles. The molecular weight excluding hydrogens is 304 g/mol. The van der Waals surface area contributed by atoms with E-state index in [2.05, 4.69) is 17.6 Å². The zero-order valence-corrected chi connectivity index (χ0v) is 13.6. The fourth-order valence-corrected chi connectivity index (χ4v) is 2.82. The second-order valence-corrected chi connectivity index (χ2v) is 6.20. The third kappa shape index (κ3) is 4.05. The number of nitrogens with one attached hydrogen (secondary N) is 2. The first-order valence-corrected chi connectivity index (χ1v) is 7.51. The minimum atomic E-state index is 0. The van der Waals surface area contributed by atoms with Gasteiger partial charge in [0.15, 0.2) is 11.5 Å². The van der Waals surface area contributed by atoms with E-state index in [1.165, 1.54) is 0 Å². The van der Waals surface area contributed by atoms with Crippen molar-refractivity contribution in [2.45, 2.75) is 26.2 Å². The molecule has 2 aliphatic rings. The summed E-state index contributed by atoms with van der Waals surface area (Å²) in [6, 6.07) is 5.66. The van der Waals surface area contributed by atoms with Crippen molar-refractivity contribution in [3.05, 3.63) is 23.8 Å². The molecule has 6 heteroatoms. The van der Waals surface area contributed by atoms with Crippen molar-refractivity contribution < 1.29 is 14.3 Å². The molecule has 0 saturated carbocycles. The Morgan fingerprint density at radius 3 is 2.77 bits per heavy atom. The number of fused-ring (bicyclic) bond motifs is 1. The van der Waals surface area contributed by atoms with Gasteiger partial charge in [-0.2, -0.15) is 0 Å². The van der Waals surface area contributed by atoms with E-state index in [0.717, 1.165) is 49.5 Å². The highest BCUT2D eigenvalue weighted by Gasteiger charge is 2.27. The largest absolute Gasteiger partial charge is 0.454 e. The number of benzene rings is 1. The minimum absolute atomic E-state index is 0. The molecule has 0 unspecified atom stereocenters. The Morgan fingerprint density at radius 1 is 1.27 bits per heavy atom. The molecule has 122 valence electrons. The highest BCUT2D eigenvalue weighted by atomic mass is 35.5. The van der Waals surface area contributed by atoms with Gasteiger partial charge < -0.3 is 20.1 Å². The van der Waals surface area contributed by atoms with Gasteiger partial charge in [0, 0.05) is 6.54 Å². The van der Waals surface area contributed by atoms with Crippen molar-refractivity contribution >= 4 is 18.3 Å². The molecular formula is C16H23ClN2O3. The maximum Gasteiger partial charge on any atom is 0.231 e. The molecule has 1 aromatic carbocycles. The molecule has 1 fully saturated rings. The Balaban J connectivity index is 0.00000176. The molecule has 1 amide bonds. The van der Waals surface area contributed by atoms with Gasteiger partial charge >= 0.3 is 0 Å². The molecule has 2 heterocycles. The van der Waals surface area contributed by atoms with Gasteiger partial charge in [-0.3, -0.25) is 4.79 Å². The summed E-state index contributed by atoms with van der Waals surface area (Å²) in [5, 5.41) is 6.42. The van der Waals surface area contributed by atoms with Crippen molar-refractivity contribution in [2.24, 2.45) is 5.41 Å². The van der Waals surface area contributed by atoms with Crippen LogP contribution in [0.4, 0.5) is 0 Å². The predicted molar refractivity (Wildman–Crippen MR) is 86.7 cm³/mol. The second-order valence-electron chi connectivity index (χ2n) is 6.20. The fourth-order valence-electron chi connectivity index (χ4n) is 2.82. The summed E-state index contributed by atoms with van der Waals surface area (Å²) in [4.78, 5) is 12.1. The third-order valence-electron chi connectivity index (χ3n) is 4.32. The zero-order chi connectivity index (χ0) is 14.7. The van der Waals surface area contributed by atoms with E-state index in [1.807, 2.05) is 18.2 Å². The van der Waals surface area contributed by atoms with Crippen LogP contribution >= 0.6 is 12.4 Å². The predicted octanol–water partition coefficient (Wildman–Crippen LogP) is 1.89. The molecule has 0 aromatic heterocycles. The van der Waals surface area contributed by atoms with Crippen molar-refractivity contribution in [1.82, 2.24) is 10.6 Å². The summed E-state index contributed by atoms with van der Waals surface area (Å²) in [7, 11) is 0. The first-order valence-electron chi connectivity index (χ1n) is 7.51. The standard InChI is InChI=1S/C16H22N2O3.ClH/c1-16(4-6-17-7-5-16)10-18-15(19)9-12-2-3-13-14(8-12)21-11-20-13;/h2-3,8,17H,4-7,9-11H2,1H3,(H,18,19);1H. The Morgan fingerprint density at radius 2 is 2.00 bits per heavy atom. The van der Waals surface area contributed by atoms with Crippen LogP contribution in [0.2, 0.25) is 0 Å². The fraction of sp³-hybridized carbons (Fsp3) is 0.562. The summed E-state index contributed by atoms with van der Waals surface area (Å²) in [5.41, 5.74) is 1.17. The lowest BCUT2D eigenvalue weighted by Crippen LogP contribution is -2.43. The van der Waals surface area contributed by atoms with E-state index in [4.69, 9.17) is 9.47 Å². The Kier molecular flexibility index (Phi) is 5.53. The lowest BCUT2D eigenvalue weighted by molar-refractivity contribution is -0.121. The molecule has 1 aromatic rings. The summed E-state index contributed by atoms with van der Waals surface area (Å²) >= 11 is 0. The number of halogens is 1. The van der Waals surface area contributed by atoms with Gasteiger partial charge in [-0.15, -0.1) is 12.4 Å². The van der Waals surface area contributed by atoms with Crippen LogP contribution in [0.3, 0.4) is 0 Å². The number of rotatable bonds is 4. The quantitative estimate of drug-likeness (QED) is 0.887. The monoisotopic (exact) mass is 326 g/mol. The highest BCUT2D eigenvalue weighted by molar-refractivity contribution is 5.85. The van der Waals surface area contributed by atoms with Crippen LogP contribution in [0.5, 0.6) is 11.5 Å². The number of piperidine rings is 1. The maximum atomic E-state index is 12.1. The van der Waals surface area contributed by atoms with Crippen LogP contribution in [-0.4, -0.2) is 32.3 Å². The Hall–Kier alpha value is -1.46. The molecule has 0 aliphatic carbocycles. The average molecular weight is 327 g/mol. The summed E-state index contributed by atoms with van der Waals surface area (Å²) in [6.45, 7) is 5.33. The van der Waals surface area contributed by atoms with Crippen molar-refractivity contribution in [1.29, 1.82) is 0 Å². The molecule has 5 nitrogen and oxygen atoms in total. The van der Waals surface area contributed by atoms with Crippen molar-refractivity contribution in [3.63, 3.8) is 0 Å². The number of carbonyl (C=O) groups excluding carboxylic acids is 1. The van der Waals surface area contributed by atoms with Crippen molar-refractivity contribution in [3.8, 4) is 11.5 Å². The second kappa shape index (κ2) is 7.20. The lowest BCUT2D eigenvalue weighted by Gasteiger charge is -2.34. The first kappa shape index (κ1) is 16.9. The molecule has 22 heavy (non-hydrogen) atoms. The van der Waals surface area contributed by atoms with Gasteiger partial charge in [-0.05, 0) is 49.0 Å². The molecule has 0 bridgehead atoms. The number of amides is 1. The number of hydrogen-bond acceptors (Lipinski definition) is 4. The SMILES string of the molecule is CC1(CNC(=O)Cc2ccc3c(c2)OCO3)CCNCC1.Cl. The van der Waals surface area contributed by atoms with E-state index in [9.17, 15) is 4.79 Å². The topological polar surface area (TPSA) is 59.6 Å². The maximum absolute atomic E-state index is 12.1. The van der Waals surface area contributed by atoms with Gasteiger partial charge in [0.1, 0.15) is 0 Å². The van der Waals surface area contributed by atoms with Crippen LogP contribution in [0.15, 0.2) is 18.2 Å². The van der Waals surface area contributed by atoms with E-state index in [-0.39, 0.29) is 30.5 Å². The van der Waals surface area contributed by atoms with Gasteiger partial charge in [0.05, 0.1) is 6.42 Å². The smallest absolute Gasteiger partial charge is 0.231 e. The van der Waals surface area contributed by atoms with Gasteiger partial charge in [-0.1, -0.05) is 13.0 Å². The van der Waals surface area contributed by atoms with Crippen LogP contribution in [0, 0.1) is 5.41 Å². The van der Waals surface area contributed by atoms with Crippen LogP contribution in [-0.2, 0) is 11.2 Å². The molecule has 0 radical (unpaired) electrons. The summed E-state index contributed by atoms with van der Waals surface area (Å²) in [6.07, 6.45) is 2.60. The van der Waals surface area contributed by atoms with Gasteiger partial charge in [-0.25, -0.2) is 0 Å². The number of carbonyl (C=O) groups is 1. The molecule has 0 spiro atoms. The summed E-state index contributed by atoms with van der Waals surface area (Å²) in [5.74, 6) is 1.54. The number of ether oxygens (including phenoxy) is 2. The lowest BCUT2D eigenvalue weighted by atomic mass is 9.81. The minimum Gasteiger partial charge on any atom is -0.454 e. The Bertz CT molecular complexity index is 530. The molecule has 3 rings (SSSR count). The Labute approximate surface area is 137 Å². The van der Waals surface area contributed by atoms with Crippen LogP contribution < -0.4 is 20.1 Å². The van der Waals surface area contributed by atoms with Crippen molar-refractivity contribution in [2.75, 3.05) is 26.4 Å². The van der Waals surface area contributed by atoms with Gasteiger partial charge in [0.2, 0.25) is 12.7 Å². The van der Waals surface area contributed by atoms with E-state index in [1.54, 1.807) is 0 Å². The molecule has 0 atom stereocenters. The average Bonchev–Trinajstić information content (AvgIpc) is 2.94. The van der Waals surface area contributed by atoms with E-state index < -0.39 is 0 Å². The van der Waals surface area contributed by atoms with E-state index in [0.29, 0.717) is 6.42 Å². The summed E-state index contributed by atoms with van der Waals surface area (Å²) < 4.78 is 10.6. The van der Waals surface area contributed by atoms with Gasteiger partial charge in [0.25, 0.3) is 0 Å². The van der Waals surface area contributed by atoms with E-state index >= 15 is 0 Å². The zero-order valence-electron chi connectivity index (χ0n) is 12.8. The van der Waals surface area contributed by atoms with Crippen LogP contribution in [0.25, 0.3) is 0 Å². The van der Waals surface area contributed by atoms with Crippen LogP contribution in [0.1, 0.15) is 25.3 Å². The normalized spacial score (nSPS) is 18.4. The third-order valence-corrected chi connectivity index (χ3v) is 4.32. The molecule has 2 aliphatic heterocycles.